The van der Waals surface area contributed by atoms with Gasteiger partial charge in [0.1, 0.15) is 19.8 Å². The molecule has 0 spiro atoms. The number of phosphoric acid groups is 1. The van der Waals surface area contributed by atoms with E-state index in [1.807, 2.05) is 21.1 Å². The molecule has 0 fully saturated rings. The molecule has 0 amide bonds. The standard InChI is InChI=1S/C29H58NO8P/c1-6-8-10-12-13-14-15-16-17-18-20-22-29(32)38-27(25-35-28(31)21-19-11-9-7-2)26-37-39(33,34)36-24-23-30(3,4)5/h27H,6-26H2,1-5H3/p+1. The van der Waals surface area contributed by atoms with Crippen LogP contribution in [0.3, 0.4) is 0 Å². The van der Waals surface area contributed by atoms with Crippen molar-refractivity contribution in [3.8, 4) is 0 Å². The summed E-state index contributed by atoms with van der Waals surface area (Å²) < 4.78 is 33.7. The number of esters is 2. The average Bonchev–Trinajstić information content (AvgIpc) is 2.86. The van der Waals surface area contributed by atoms with Crippen molar-refractivity contribution in [2.75, 3.05) is 47.5 Å². The summed E-state index contributed by atoms with van der Waals surface area (Å²) in [6.07, 6.45) is 16.4. The lowest BCUT2D eigenvalue weighted by atomic mass is 10.1. The predicted molar refractivity (Wildman–Crippen MR) is 155 cm³/mol. The highest BCUT2D eigenvalue weighted by Crippen LogP contribution is 2.43. The summed E-state index contributed by atoms with van der Waals surface area (Å²) in [6, 6.07) is 0. The third-order valence-electron chi connectivity index (χ3n) is 6.39. The Morgan fingerprint density at radius 3 is 1.67 bits per heavy atom. The van der Waals surface area contributed by atoms with Gasteiger partial charge in [-0.25, -0.2) is 4.57 Å². The Bertz CT molecular complexity index is 668. The van der Waals surface area contributed by atoms with Gasteiger partial charge >= 0.3 is 19.8 Å². The molecular formula is C29H59NO8P+. The molecule has 0 aromatic carbocycles. The monoisotopic (exact) mass is 580 g/mol. The summed E-state index contributed by atoms with van der Waals surface area (Å²) >= 11 is 0. The summed E-state index contributed by atoms with van der Waals surface area (Å²) in [6.45, 7) is 4.25. The number of carbonyl (C=O) groups is 2. The van der Waals surface area contributed by atoms with Gasteiger partial charge in [-0.3, -0.25) is 18.6 Å². The van der Waals surface area contributed by atoms with Gasteiger partial charge < -0.3 is 18.9 Å². The van der Waals surface area contributed by atoms with E-state index >= 15 is 0 Å². The molecule has 232 valence electrons. The molecule has 1 N–H and O–H groups in total. The fraction of sp³-hybridized carbons (Fsp3) is 0.931. The van der Waals surface area contributed by atoms with E-state index in [1.165, 1.54) is 51.4 Å². The molecule has 0 saturated heterocycles. The van der Waals surface area contributed by atoms with Crippen LogP contribution in [0.2, 0.25) is 0 Å². The first-order valence-electron chi connectivity index (χ1n) is 15.3. The number of rotatable bonds is 27. The highest BCUT2D eigenvalue weighted by atomic mass is 31.2. The van der Waals surface area contributed by atoms with Crippen molar-refractivity contribution in [2.45, 2.75) is 129 Å². The highest BCUT2D eigenvalue weighted by Gasteiger charge is 2.27. The number of hydrogen-bond donors (Lipinski definition) is 1. The molecule has 0 heterocycles. The van der Waals surface area contributed by atoms with Crippen LogP contribution in [0.25, 0.3) is 0 Å². The molecule has 0 radical (unpaired) electrons. The molecule has 2 atom stereocenters. The quantitative estimate of drug-likeness (QED) is 0.0481. The van der Waals surface area contributed by atoms with Crippen LogP contribution in [0.4, 0.5) is 0 Å². The lowest BCUT2D eigenvalue weighted by Gasteiger charge is -2.24. The van der Waals surface area contributed by atoms with Crippen molar-refractivity contribution in [3.63, 3.8) is 0 Å². The van der Waals surface area contributed by atoms with E-state index in [1.54, 1.807) is 0 Å². The van der Waals surface area contributed by atoms with Crippen molar-refractivity contribution < 1.29 is 42.1 Å². The first-order valence-corrected chi connectivity index (χ1v) is 16.8. The van der Waals surface area contributed by atoms with E-state index in [-0.39, 0.29) is 32.0 Å². The van der Waals surface area contributed by atoms with Crippen LogP contribution in [0.5, 0.6) is 0 Å². The first-order chi connectivity index (χ1) is 18.5. The number of unbranched alkanes of at least 4 members (excludes halogenated alkanes) is 13. The van der Waals surface area contributed by atoms with Gasteiger partial charge in [-0.1, -0.05) is 97.3 Å². The maximum Gasteiger partial charge on any atom is 0.472 e. The molecule has 0 aliphatic rings. The summed E-state index contributed by atoms with van der Waals surface area (Å²) in [7, 11) is 1.48. The van der Waals surface area contributed by atoms with Gasteiger partial charge in [0, 0.05) is 12.8 Å². The molecule has 2 unspecified atom stereocenters. The maximum atomic E-state index is 12.4. The number of quaternary nitrogens is 1. The second-order valence-corrected chi connectivity index (χ2v) is 13.0. The highest BCUT2D eigenvalue weighted by molar-refractivity contribution is 7.47. The largest absolute Gasteiger partial charge is 0.472 e. The fourth-order valence-corrected chi connectivity index (χ4v) is 4.63. The molecule has 10 heteroatoms. The van der Waals surface area contributed by atoms with Crippen molar-refractivity contribution in [1.82, 2.24) is 0 Å². The van der Waals surface area contributed by atoms with Gasteiger partial charge in [0.25, 0.3) is 0 Å². The van der Waals surface area contributed by atoms with Crippen LogP contribution in [-0.2, 0) is 32.7 Å². The minimum Gasteiger partial charge on any atom is -0.462 e. The Labute approximate surface area is 238 Å². The van der Waals surface area contributed by atoms with Gasteiger partial charge in [0.05, 0.1) is 27.7 Å². The van der Waals surface area contributed by atoms with E-state index in [0.717, 1.165) is 38.5 Å². The van der Waals surface area contributed by atoms with E-state index in [2.05, 4.69) is 13.8 Å². The number of nitrogens with zero attached hydrogens (tertiary/aromatic N) is 1. The van der Waals surface area contributed by atoms with E-state index in [0.29, 0.717) is 17.4 Å². The van der Waals surface area contributed by atoms with Gasteiger partial charge in [0.2, 0.25) is 0 Å². The van der Waals surface area contributed by atoms with E-state index in [9.17, 15) is 19.0 Å². The molecule has 0 bridgehead atoms. The van der Waals surface area contributed by atoms with Crippen molar-refractivity contribution in [3.05, 3.63) is 0 Å². The Morgan fingerprint density at radius 1 is 0.692 bits per heavy atom. The van der Waals surface area contributed by atoms with Crippen LogP contribution in [0, 0.1) is 0 Å². The molecule has 39 heavy (non-hydrogen) atoms. The lowest BCUT2D eigenvalue weighted by molar-refractivity contribution is -0.870. The molecule has 0 aliphatic heterocycles. The number of hydrogen-bond acceptors (Lipinski definition) is 7. The molecule has 0 aromatic rings. The Kier molecular flexibility index (Phi) is 23.1. The third-order valence-corrected chi connectivity index (χ3v) is 7.37. The second-order valence-electron chi connectivity index (χ2n) is 11.5. The van der Waals surface area contributed by atoms with Crippen LogP contribution < -0.4 is 0 Å². The fourth-order valence-electron chi connectivity index (χ4n) is 3.89. The minimum absolute atomic E-state index is 0.0351. The van der Waals surface area contributed by atoms with Crippen molar-refractivity contribution in [2.24, 2.45) is 0 Å². The SMILES string of the molecule is CCCCCCCCCCCCCC(=O)OC(COC(=O)CCCCCC)COP(=O)(O)OCC[N+](C)(C)C. The maximum absolute atomic E-state index is 12.4. The van der Waals surface area contributed by atoms with Gasteiger partial charge in [-0.05, 0) is 12.8 Å². The molecule has 0 saturated carbocycles. The Balaban J connectivity index is 4.46. The topological polar surface area (TPSA) is 108 Å². The van der Waals surface area contributed by atoms with Crippen LogP contribution >= 0.6 is 7.82 Å². The molecule has 0 aliphatic carbocycles. The lowest BCUT2D eigenvalue weighted by Crippen LogP contribution is -2.37. The zero-order chi connectivity index (χ0) is 29.4. The average molecular weight is 581 g/mol. The molecular weight excluding hydrogens is 521 g/mol. The zero-order valence-corrected chi connectivity index (χ0v) is 26.5. The van der Waals surface area contributed by atoms with E-state index in [4.69, 9.17) is 18.5 Å². The molecule has 9 nitrogen and oxygen atoms in total. The predicted octanol–water partition coefficient (Wildman–Crippen LogP) is 6.95. The van der Waals surface area contributed by atoms with Gasteiger partial charge in [-0.2, -0.15) is 0 Å². The summed E-state index contributed by atoms with van der Waals surface area (Å²) in [4.78, 5) is 34.5. The first kappa shape index (κ1) is 38.0. The van der Waals surface area contributed by atoms with Crippen molar-refractivity contribution >= 4 is 19.8 Å². The molecule has 0 rings (SSSR count). The number of ether oxygens (including phenoxy) is 2. The number of likely N-dealkylation sites (N-methyl/N-ethyl adjacent to an activating group) is 1. The van der Waals surface area contributed by atoms with Crippen LogP contribution in [-0.4, -0.2) is 74.9 Å². The van der Waals surface area contributed by atoms with Gasteiger partial charge in [0.15, 0.2) is 6.10 Å². The second kappa shape index (κ2) is 23.7. The summed E-state index contributed by atoms with van der Waals surface area (Å²) in [5.74, 6) is -0.818. The van der Waals surface area contributed by atoms with Gasteiger partial charge in [-0.15, -0.1) is 0 Å². The Morgan fingerprint density at radius 2 is 1.15 bits per heavy atom. The van der Waals surface area contributed by atoms with E-state index < -0.39 is 26.5 Å². The van der Waals surface area contributed by atoms with Crippen LogP contribution in [0.1, 0.15) is 123 Å². The summed E-state index contributed by atoms with van der Waals surface area (Å²) in [5, 5.41) is 0. The summed E-state index contributed by atoms with van der Waals surface area (Å²) in [5.41, 5.74) is 0. The number of phosphoric ester groups is 1. The Hall–Kier alpha value is -0.990. The number of carbonyl (C=O) groups excluding carboxylic acids is 2. The molecule has 0 aromatic heterocycles. The normalized spacial score (nSPS) is 14.1. The van der Waals surface area contributed by atoms with Crippen molar-refractivity contribution in [1.29, 1.82) is 0 Å². The van der Waals surface area contributed by atoms with Crippen LogP contribution in [0.15, 0.2) is 0 Å². The zero-order valence-electron chi connectivity index (χ0n) is 25.6. The third kappa shape index (κ3) is 27.0. The smallest absolute Gasteiger partial charge is 0.462 e. The minimum atomic E-state index is -4.34.